The van der Waals surface area contributed by atoms with Crippen LogP contribution in [0.3, 0.4) is 0 Å². The molecule has 0 aliphatic heterocycles. The second-order valence-electron chi connectivity index (χ2n) is 7.40. The number of aryl methyl sites for hydroxylation is 2. The number of rotatable bonds is 6. The van der Waals surface area contributed by atoms with Crippen LogP contribution in [0.4, 0.5) is 20.2 Å². The molecule has 3 aromatic rings. The monoisotopic (exact) mass is 444 g/mol. The maximum absolute atomic E-state index is 13.3. The molecule has 0 heterocycles. The van der Waals surface area contributed by atoms with Crippen molar-refractivity contribution in [2.75, 3.05) is 15.9 Å². The summed E-state index contributed by atoms with van der Waals surface area (Å²) in [6.07, 6.45) is 1.15. The Hall–Kier alpha value is -3.26. The molecule has 0 saturated carbocycles. The summed E-state index contributed by atoms with van der Waals surface area (Å²) >= 11 is 0. The number of carbonyl (C=O) groups is 1. The largest absolute Gasteiger partial charge is 0.322 e. The van der Waals surface area contributed by atoms with Crippen LogP contribution in [0.2, 0.25) is 0 Å². The lowest BCUT2D eigenvalue weighted by Gasteiger charge is -2.23. The highest BCUT2D eigenvalue weighted by Crippen LogP contribution is 2.24. The zero-order valence-corrected chi connectivity index (χ0v) is 18.1. The van der Waals surface area contributed by atoms with Crippen molar-refractivity contribution in [3.8, 4) is 0 Å². The molecule has 0 atom stereocenters. The van der Waals surface area contributed by atoms with E-state index in [1.54, 1.807) is 36.4 Å². The number of hydrogen-bond donors (Lipinski definition) is 1. The lowest BCUT2D eigenvalue weighted by atomic mass is 10.1. The van der Waals surface area contributed by atoms with E-state index in [1.807, 2.05) is 19.9 Å². The van der Waals surface area contributed by atoms with Crippen molar-refractivity contribution in [1.82, 2.24) is 0 Å². The van der Waals surface area contributed by atoms with E-state index in [9.17, 15) is 22.0 Å². The molecular weight excluding hydrogens is 422 g/mol. The number of carbonyl (C=O) groups excluding carboxylic acids is 1. The third-order valence-corrected chi connectivity index (χ3v) is 5.76. The minimum Gasteiger partial charge on any atom is -0.322 e. The summed E-state index contributed by atoms with van der Waals surface area (Å²) in [7, 11) is -3.54. The topological polar surface area (TPSA) is 66.5 Å². The molecule has 3 aromatic carbocycles. The van der Waals surface area contributed by atoms with Crippen molar-refractivity contribution in [3.63, 3.8) is 0 Å². The highest BCUT2D eigenvalue weighted by atomic mass is 32.2. The molecule has 0 unspecified atom stereocenters. The molecule has 0 aromatic heterocycles. The second-order valence-corrected chi connectivity index (χ2v) is 9.30. The molecule has 0 aliphatic rings. The van der Waals surface area contributed by atoms with Gasteiger partial charge in [0.05, 0.1) is 18.5 Å². The molecular formula is C23H22F2N2O3S. The van der Waals surface area contributed by atoms with E-state index in [1.165, 1.54) is 10.4 Å². The number of nitrogens with zero attached hydrogens (tertiary/aromatic N) is 1. The maximum Gasteiger partial charge on any atom is 0.255 e. The lowest BCUT2D eigenvalue weighted by Crippen LogP contribution is -2.29. The Balaban J connectivity index is 1.79. The van der Waals surface area contributed by atoms with Crippen LogP contribution in [0.15, 0.2) is 60.7 Å². The molecule has 8 heteroatoms. The van der Waals surface area contributed by atoms with Gasteiger partial charge < -0.3 is 5.32 Å². The van der Waals surface area contributed by atoms with Gasteiger partial charge in [-0.25, -0.2) is 17.2 Å². The number of nitrogens with one attached hydrogen (secondary N) is 1. The lowest BCUT2D eigenvalue weighted by molar-refractivity contribution is 0.102. The average molecular weight is 445 g/mol. The molecule has 0 fully saturated rings. The van der Waals surface area contributed by atoms with Crippen molar-refractivity contribution in [2.45, 2.75) is 20.4 Å². The average Bonchev–Trinajstić information content (AvgIpc) is 2.67. The van der Waals surface area contributed by atoms with Crippen LogP contribution in [0.1, 0.15) is 27.0 Å². The number of hydrogen-bond acceptors (Lipinski definition) is 3. The van der Waals surface area contributed by atoms with Gasteiger partial charge in [-0.2, -0.15) is 0 Å². The Morgan fingerprint density at radius 1 is 0.903 bits per heavy atom. The van der Waals surface area contributed by atoms with Crippen LogP contribution >= 0.6 is 0 Å². The van der Waals surface area contributed by atoms with E-state index < -0.39 is 27.6 Å². The van der Waals surface area contributed by atoms with Crippen LogP contribution in [0.25, 0.3) is 0 Å². The van der Waals surface area contributed by atoms with Crippen molar-refractivity contribution in [2.24, 2.45) is 0 Å². The molecule has 0 radical (unpaired) electrons. The highest BCUT2D eigenvalue weighted by molar-refractivity contribution is 7.92. The van der Waals surface area contributed by atoms with Crippen LogP contribution in [0, 0.1) is 25.5 Å². The highest BCUT2D eigenvalue weighted by Gasteiger charge is 2.19. The van der Waals surface area contributed by atoms with Gasteiger partial charge in [0.2, 0.25) is 10.0 Å². The van der Waals surface area contributed by atoms with Gasteiger partial charge in [-0.3, -0.25) is 9.10 Å². The van der Waals surface area contributed by atoms with Gasteiger partial charge in [0.25, 0.3) is 5.91 Å². The van der Waals surface area contributed by atoms with Gasteiger partial charge in [0, 0.05) is 17.3 Å². The van der Waals surface area contributed by atoms with Crippen molar-refractivity contribution in [1.29, 1.82) is 0 Å². The van der Waals surface area contributed by atoms with Crippen LogP contribution in [-0.2, 0) is 16.6 Å². The molecule has 0 aliphatic carbocycles. The maximum atomic E-state index is 13.3. The molecule has 5 nitrogen and oxygen atoms in total. The molecule has 0 spiro atoms. The summed E-state index contributed by atoms with van der Waals surface area (Å²) < 4.78 is 52.4. The molecule has 1 amide bonds. The molecule has 0 bridgehead atoms. The standard InChI is InChI=1S/C23H22F2N2O3S/c1-15-10-16(2)12-20(11-15)27(31(3,29)30)14-17-4-6-18(7-5-17)23(28)26-19-8-9-21(24)22(25)13-19/h4-13H,14H2,1-3H3,(H,26,28). The normalized spacial score (nSPS) is 11.3. The van der Waals surface area contributed by atoms with Gasteiger partial charge in [0.15, 0.2) is 11.6 Å². The number of sulfonamides is 1. The van der Waals surface area contributed by atoms with Crippen molar-refractivity contribution >= 4 is 27.3 Å². The van der Waals surface area contributed by atoms with E-state index in [4.69, 9.17) is 0 Å². The van der Waals surface area contributed by atoms with Crippen LogP contribution < -0.4 is 9.62 Å². The Labute approximate surface area is 180 Å². The van der Waals surface area contributed by atoms with E-state index in [-0.39, 0.29) is 12.2 Å². The summed E-state index contributed by atoms with van der Waals surface area (Å²) in [5.74, 6) is -2.55. The van der Waals surface area contributed by atoms with Gasteiger partial charge in [-0.05, 0) is 66.9 Å². The zero-order valence-electron chi connectivity index (χ0n) is 17.3. The van der Waals surface area contributed by atoms with E-state index in [0.717, 1.165) is 29.5 Å². The third-order valence-electron chi connectivity index (χ3n) is 4.61. The molecule has 31 heavy (non-hydrogen) atoms. The van der Waals surface area contributed by atoms with Crippen LogP contribution in [-0.4, -0.2) is 20.6 Å². The molecule has 0 saturated heterocycles. The first-order chi connectivity index (χ1) is 14.5. The van der Waals surface area contributed by atoms with Gasteiger partial charge in [-0.1, -0.05) is 18.2 Å². The molecule has 3 rings (SSSR count). The van der Waals surface area contributed by atoms with Gasteiger partial charge in [-0.15, -0.1) is 0 Å². The Kier molecular flexibility index (Phi) is 6.40. The fourth-order valence-corrected chi connectivity index (χ4v) is 4.07. The molecule has 162 valence electrons. The predicted molar refractivity (Wildman–Crippen MR) is 118 cm³/mol. The van der Waals surface area contributed by atoms with Crippen molar-refractivity contribution < 1.29 is 22.0 Å². The first kappa shape index (κ1) is 22.4. The number of anilines is 2. The van der Waals surface area contributed by atoms with Crippen LogP contribution in [0.5, 0.6) is 0 Å². The zero-order chi connectivity index (χ0) is 22.8. The smallest absolute Gasteiger partial charge is 0.255 e. The summed E-state index contributed by atoms with van der Waals surface area (Å²) in [4.78, 5) is 12.4. The Morgan fingerprint density at radius 3 is 2.06 bits per heavy atom. The minimum atomic E-state index is -3.54. The fraction of sp³-hybridized carbons (Fsp3) is 0.174. The SMILES string of the molecule is Cc1cc(C)cc(N(Cc2ccc(C(=O)Nc3ccc(F)c(F)c3)cc2)S(C)(=O)=O)c1. The second kappa shape index (κ2) is 8.85. The third kappa shape index (κ3) is 5.67. The van der Waals surface area contributed by atoms with E-state index in [0.29, 0.717) is 16.8 Å². The first-order valence-corrected chi connectivity index (χ1v) is 11.3. The fourth-order valence-electron chi connectivity index (χ4n) is 3.20. The van der Waals surface area contributed by atoms with E-state index in [2.05, 4.69) is 5.32 Å². The number of benzene rings is 3. The Bertz CT molecular complexity index is 1210. The van der Waals surface area contributed by atoms with Crippen molar-refractivity contribution in [3.05, 3.63) is 94.6 Å². The predicted octanol–water partition coefficient (Wildman–Crippen LogP) is 4.80. The molecule has 1 N–H and O–H groups in total. The van der Waals surface area contributed by atoms with E-state index >= 15 is 0 Å². The summed E-state index contributed by atoms with van der Waals surface area (Å²) in [5.41, 5.74) is 3.59. The first-order valence-electron chi connectivity index (χ1n) is 9.44. The Morgan fingerprint density at radius 2 is 1.52 bits per heavy atom. The summed E-state index contributed by atoms with van der Waals surface area (Å²) in [6.45, 7) is 3.90. The summed E-state index contributed by atoms with van der Waals surface area (Å²) in [6, 6.07) is 15.1. The quantitative estimate of drug-likeness (QED) is 0.594. The summed E-state index contributed by atoms with van der Waals surface area (Å²) in [5, 5.41) is 2.50. The van der Waals surface area contributed by atoms with Gasteiger partial charge in [0.1, 0.15) is 0 Å². The minimum absolute atomic E-state index is 0.104. The number of halogens is 2. The number of amides is 1. The van der Waals surface area contributed by atoms with Gasteiger partial charge >= 0.3 is 0 Å².